The molecule has 0 bridgehead atoms. The van der Waals surface area contributed by atoms with E-state index < -0.39 is 29.7 Å². The molecule has 2 rings (SSSR count). The highest BCUT2D eigenvalue weighted by molar-refractivity contribution is 5.93. The summed E-state index contributed by atoms with van der Waals surface area (Å²) in [5, 5.41) is 5.38. The van der Waals surface area contributed by atoms with Crippen LogP contribution in [0.1, 0.15) is 70.6 Å². The molecule has 234 valence electrons. The molecule has 0 saturated heterocycles. The standard InChI is InChI=1S/C32H44N4O7/c1-4-6-7-11-30(39)36-27(28(37)19-26(22(3)5-2)32(41)35-20-29(33)38)17-23-12-14-25(15-13-23)42-21-43-31(40)18-24-10-8-9-16-34-24/h8-10,12-16,22,26-27H,4-7,11,17-21H2,1-3H3,(H2,33,38)(H,35,41)(H,36,39). The number of rotatable bonds is 20. The lowest BCUT2D eigenvalue weighted by Crippen LogP contribution is -2.45. The highest BCUT2D eigenvalue weighted by Crippen LogP contribution is 2.22. The Morgan fingerprint density at radius 3 is 2.37 bits per heavy atom. The number of hydrogen-bond donors (Lipinski definition) is 3. The SMILES string of the molecule is CCCCCC(=O)NC(Cc1ccc(OCOC(=O)Cc2ccccn2)cc1)C(=O)CC(C(=O)NCC(N)=O)C(C)CC. The first-order valence-electron chi connectivity index (χ1n) is 14.8. The number of nitrogens with two attached hydrogens (primary N) is 1. The summed E-state index contributed by atoms with van der Waals surface area (Å²) in [7, 11) is 0. The van der Waals surface area contributed by atoms with Gasteiger partial charge in [0.15, 0.2) is 5.78 Å². The van der Waals surface area contributed by atoms with Crippen molar-refractivity contribution in [1.82, 2.24) is 15.6 Å². The van der Waals surface area contributed by atoms with Gasteiger partial charge in [-0.05, 0) is 48.6 Å². The van der Waals surface area contributed by atoms with Gasteiger partial charge < -0.3 is 25.8 Å². The van der Waals surface area contributed by atoms with Crippen LogP contribution in [0.5, 0.6) is 5.75 Å². The lowest BCUT2D eigenvalue weighted by molar-refractivity contribution is -0.149. The van der Waals surface area contributed by atoms with Crippen molar-refractivity contribution >= 4 is 29.5 Å². The van der Waals surface area contributed by atoms with Gasteiger partial charge in [-0.1, -0.05) is 58.2 Å². The van der Waals surface area contributed by atoms with E-state index in [2.05, 4.69) is 15.6 Å². The maximum atomic E-state index is 13.5. The largest absolute Gasteiger partial charge is 0.457 e. The Morgan fingerprint density at radius 1 is 1.00 bits per heavy atom. The molecule has 2 aromatic rings. The summed E-state index contributed by atoms with van der Waals surface area (Å²) in [5.74, 6) is -2.40. The summed E-state index contributed by atoms with van der Waals surface area (Å²) in [6.07, 6.45) is 5.29. The molecular weight excluding hydrogens is 552 g/mol. The molecule has 1 aromatic heterocycles. The van der Waals surface area contributed by atoms with Gasteiger partial charge in [0.1, 0.15) is 5.75 Å². The quantitative estimate of drug-likeness (QED) is 0.119. The fourth-order valence-corrected chi connectivity index (χ4v) is 4.37. The summed E-state index contributed by atoms with van der Waals surface area (Å²) >= 11 is 0. The lowest BCUT2D eigenvalue weighted by Gasteiger charge is -2.25. The first kappa shape index (κ1) is 34.9. The van der Waals surface area contributed by atoms with Crippen LogP contribution in [0.2, 0.25) is 0 Å². The van der Waals surface area contributed by atoms with Gasteiger partial charge in [-0.3, -0.25) is 29.0 Å². The molecule has 0 aliphatic carbocycles. The summed E-state index contributed by atoms with van der Waals surface area (Å²) in [6, 6.07) is 11.3. The second-order valence-electron chi connectivity index (χ2n) is 10.5. The number of unbranched alkanes of at least 4 members (excludes halogenated alkanes) is 2. The number of carbonyl (C=O) groups excluding carboxylic acids is 5. The van der Waals surface area contributed by atoms with Crippen LogP contribution < -0.4 is 21.1 Å². The Kier molecular flexibility index (Phi) is 15.4. The Labute approximate surface area is 253 Å². The number of amides is 3. The highest BCUT2D eigenvalue weighted by Gasteiger charge is 2.31. The van der Waals surface area contributed by atoms with Crippen molar-refractivity contribution in [2.24, 2.45) is 17.6 Å². The molecule has 11 heteroatoms. The predicted molar refractivity (Wildman–Crippen MR) is 161 cm³/mol. The van der Waals surface area contributed by atoms with Crippen molar-refractivity contribution < 1.29 is 33.4 Å². The van der Waals surface area contributed by atoms with Crippen molar-refractivity contribution in [3.63, 3.8) is 0 Å². The molecule has 0 aliphatic heterocycles. The van der Waals surface area contributed by atoms with Crippen molar-refractivity contribution in [3.8, 4) is 5.75 Å². The van der Waals surface area contributed by atoms with Crippen molar-refractivity contribution in [3.05, 3.63) is 59.9 Å². The minimum atomic E-state index is -0.844. The van der Waals surface area contributed by atoms with Gasteiger partial charge in [0, 0.05) is 25.0 Å². The molecule has 3 atom stereocenters. The third-order valence-electron chi connectivity index (χ3n) is 7.12. The van der Waals surface area contributed by atoms with Gasteiger partial charge in [0.25, 0.3) is 0 Å². The molecule has 0 saturated carbocycles. The van der Waals surface area contributed by atoms with Crippen LogP contribution >= 0.6 is 0 Å². The van der Waals surface area contributed by atoms with Crippen molar-refractivity contribution in [1.29, 1.82) is 0 Å². The Balaban J connectivity index is 2.04. The molecule has 0 spiro atoms. The number of nitrogens with one attached hydrogen (secondary N) is 2. The number of ether oxygens (including phenoxy) is 2. The topological polar surface area (TPSA) is 167 Å². The third-order valence-corrected chi connectivity index (χ3v) is 7.12. The van der Waals surface area contributed by atoms with Gasteiger partial charge in [0.05, 0.1) is 24.7 Å². The molecule has 43 heavy (non-hydrogen) atoms. The average molecular weight is 597 g/mol. The number of carbonyl (C=O) groups is 5. The zero-order chi connectivity index (χ0) is 31.6. The van der Waals surface area contributed by atoms with Gasteiger partial charge in [-0.2, -0.15) is 0 Å². The Hall–Kier alpha value is -4.28. The minimum absolute atomic E-state index is 0.0351. The van der Waals surface area contributed by atoms with Crippen LogP contribution in [0.25, 0.3) is 0 Å². The fraction of sp³-hybridized carbons (Fsp3) is 0.500. The smallest absolute Gasteiger partial charge is 0.314 e. The first-order valence-corrected chi connectivity index (χ1v) is 14.8. The van der Waals surface area contributed by atoms with Gasteiger partial charge >= 0.3 is 5.97 Å². The number of aromatic nitrogens is 1. The monoisotopic (exact) mass is 596 g/mol. The lowest BCUT2D eigenvalue weighted by atomic mass is 9.84. The number of primary amides is 1. The van der Waals surface area contributed by atoms with E-state index in [9.17, 15) is 24.0 Å². The Bertz CT molecular complexity index is 1190. The molecule has 3 unspecified atom stereocenters. The van der Waals surface area contributed by atoms with E-state index in [0.29, 0.717) is 30.7 Å². The van der Waals surface area contributed by atoms with Crippen LogP contribution in [0, 0.1) is 11.8 Å². The van der Waals surface area contributed by atoms with Crippen molar-refractivity contribution in [2.45, 2.75) is 78.2 Å². The molecule has 1 aromatic carbocycles. The van der Waals surface area contributed by atoms with E-state index in [1.165, 1.54) is 0 Å². The maximum absolute atomic E-state index is 13.5. The van der Waals surface area contributed by atoms with E-state index in [-0.39, 0.29) is 50.2 Å². The number of esters is 1. The number of hydrogen-bond acceptors (Lipinski definition) is 8. The van der Waals surface area contributed by atoms with Crippen molar-refractivity contribution in [2.75, 3.05) is 13.3 Å². The number of nitrogens with zero attached hydrogens (tertiary/aromatic N) is 1. The summed E-state index contributed by atoms with van der Waals surface area (Å²) in [6.45, 7) is 5.25. The molecule has 3 amide bonds. The van der Waals surface area contributed by atoms with E-state index >= 15 is 0 Å². The van der Waals surface area contributed by atoms with E-state index in [1.807, 2.05) is 20.8 Å². The molecule has 0 aliphatic rings. The van der Waals surface area contributed by atoms with Crippen LogP contribution in [0.15, 0.2) is 48.7 Å². The molecule has 1 heterocycles. The van der Waals surface area contributed by atoms with Crippen LogP contribution in [-0.2, 0) is 41.6 Å². The molecule has 0 radical (unpaired) electrons. The minimum Gasteiger partial charge on any atom is -0.457 e. The number of benzene rings is 1. The second kappa shape index (κ2) is 19.0. The maximum Gasteiger partial charge on any atom is 0.314 e. The molecule has 4 N–H and O–H groups in total. The fourth-order valence-electron chi connectivity index (χ4n) is 4.37. The average Bonchev–Trinajstić information content (AvgIpc) is 2.99. The zero-order valence-electron chi connectivity index (χ0n) is 25.3. The van der Waals surface area contributed by atoms with Gasteiger partial charge in [0.2, 0.25) is 24.5 Å². The summed E-state index contributed by atoms with van der Waals surface area (Å²) in [4.78, 5) is 66.3. The summed E-state index contributed by atoms with van der Waals surface area (Å²) in [5.41, 5.74) is 6.53. The van der Waals surface area contributed by atoms with Crippen LogP contribution in [-0.4, -0.2) is 53.8 Å². The number of ketones is 1. The molecule has 11 nitrogen and oxygen atoms in total. The second-order valence-corrected chi connectivity index (χ2v) is 10.5. The normalized spacial score (nSPS) is 12.8. The first-order chi connectivity index (χ1) is 20.6. The number of Topliss-reactive ketones (excluding diaryl/α,β-unsaturated/α-hetero) is 1. The summed E-state index contributed by atoms with van der Waals surface area (Å²) < 4.78 is 10.6. The highest BCUT2D eigenvalue weighted by atomic mass is 16.7. The zero-order valence-corrected chi connectivity index (χ0v) is 25.3. The third kappa shape index (κ3) is 13.5. The van der Waals surface area contributed by atoms with Crippen LogP contribution in [0.3, 0.4) is 0 Å². The van der Waals surface area contributed by atoms with E-state index in [1.54, 1.807) is 48.7 Å². The van der Waals surface area contributed by atoms with E-state index in [0.717, 1.165) is 18.4 Å². The Morgan fingerprint density at radius 2 is 1.74 bits per heavy atom. The van der Waals surface area contributed by atoms with Gasteiger partial charge in [-0.25, -0.2) is 0 Å². The van der Waals surface area contributed by atoms with Gasteiger partial charge in [-0.15, -0.1) is 0 Å². The van der Waals surface area contributed by atoms with E-state index in [4.69, 9.17) is 15.2 Å². The van der Waals surface area contributed by atoms with Crippen LogP contribution in [0.4, 0.5) is 0 Å². The predicted octanol–water partition coefficient (Wildman–Crippen LogP) is 3.03. The molecule has 0 fully saturated rings. The molecular formula is C32H44N4O7. The number of pyridine rings is 1.